The van der Waals surface area contributed by atoms with Crippen molar-refractivity contribution in [2.45, 2.75) is 20.3 Å². The molecule has 0 aliphatic carbocycles. The Labute approximate surface area is 150 Å². The molecule has 0 saturated carbocycles. The van der Waals surface area contributed by atoms with Crippen LogP contribution in [0.25, 0.3) is 11.4 Å². The maximum atomic E-state index is 12.1. The molecule has 0 spiro atoms. The number of urea groups is 1. The molecule has 3 rings (SSSR count). The van der Waals surface area contributed by atoms with E-state index in [2.05, 4.69) is 20.8 Å². The molecule has 0 unspecified atom stereocenters. The van der Waals surface area contributed by atoms with Crippen LogP contribution in [0.15, 0.2) is 47.0 Å². The van der Waals surface area contributed by atoms with Crippen molar-refractivity contribution in [2.75, 3.05) is 10.6 Å². The number of hydrogen-bond acceptors (Lipinski definition) is 4. The molecule has 2 N–H and O–H groups in total. The van der Waals surface area contributed by atoms with Gasteiger partial charge in [0.15, 0.2) is 0 Å². The standard InChI is InChI=1S/C18H17ClN4O2/c1-3-16-22-17(23-25-16)12-7-9-13(10-8-12)20-18(24)21-15-6-4-5-14(19)11(15)2/h4-10H,3H2,1-2H3,(H2,20,21,24). The van der Waals surface area contributed by atoms with Gasteiger partial charge in [-0.25, -0.2) is 4.79 Å². The molecule has 0 radical (unpaired) electrons. The zero-order chi connectivity index (χ0) is 17.8. The van der Waals surface area contributed by atoms with Crippen molar-refractivity contribution in [3.8, 4) is 11.4 Å². The first-order valence-corrected chi connectivity index (χ1v) is 8.20. The van der Waals surface area contributed by atoms with Crippen molar-refractivity contribution in [2.24, 2.45) is 0 Å². The third kappa shape index (κ3) is 3.97. The molecule has 0 aliphatic rings. The highest BCUT2D eigenvalue weighted by atomic mass is 35.5. The first kappa shape index (κ1) is 17.0. The van der Waals surface area contributed by atoms with Gasteiger partial charge in [-0.1, -0.05) is 29.7 Å². The molecule has 7 heteroatoms. The first-order valence-electron chi connectivity index (χ1n) is 7.83. The number of aryl methyl sites for hydroxylation is 1. The van der Waals surface area contributed by atoms with E-state index in [1.54, 1.807) is 30.3 Å². The van der Waals surface area contributed by atoms with Gasteiger partial charge in [-0.15, -0.1) is 0 Å². The molecule has 0 bridgehead atoms. The van der Waals surface area contributed by atoms with E-state index in [0.717, 1.165) is 11.1 Å². The summed E-state index contributed by atoms with van der Waals surface area (Å²) < 4.78 is 5.10. The lowest BCUT2D eigenvalue weighted by atomic mass is 10.2. The Hall–Kier alpha value is -2.86. The van der Waals surface area contributed by atoms with Crippen LogP contribution in [-0.4, -0.2) is 16.2 Å². The van der Waals surface area contributed by atoms with Gasteiger partial charge >= 0.3 is 6.03 Å². The number of amides is 2. The molecule has 0 fully saturated rings. The topological polar surface area (TPSA) is 80.0 Å². The quantitative estimate of drug-likeness (QED) is 0.696. The highest BCUT2D eigenvalue weighted by molar-refractivity contribution is 6.31. The number of carbonyl (C=O) groups is 1. The lowest BCUT2D eigenvalue weighted by molar-refractivity contribution is 0.262. The van der Waals surface area contributed by atoms with Crippen molar-refractivity contribution >= 4 is 29.0 Å². The molecule has 1 aromatic heterocycles. The Balaban J connectivity index is 1.66. The van der Waals surface area contributed by atoms with Gasteiger partial charge in [0, 0.05) is 28.4 Å². The second-order valence-electron chi connectivity index (χ2n) is 5.43. The van der Waals surface area contributed by atoms with Crippen molar-refractivity contribution in [1.82, 2.24) is 10.1 Å². The summed E-state index contributed by atoms with van der Waals surface area (Å²) in [6.45, 7) is 3.80. The number of hydrogen-bond donors (Lipinski definition) is 2. The lowest BCUT2D eigenvalue weighted by Gasteiger charge is -2.11. The molecule has 128 valence electrons. The van der Waals surface area contributed by atoms with Crippen LogP contribution in [0.4, 0.5) is 16.2 Å². The smallest absolute Gasteiger partial charge is 0.323 e. The van der Waals surface area contributed by atoms with Crippen LogP contribution < -0.4 is 10.6 Å². The van der Waals surface area contributed by atoms with Crippen LogP contribution >= 0.6 is 11.6 Å². The van der Waals surface area contributed by atoms with Crippen molar-refractivity contribution < 1.29 is 9.32 Å². The summed E-state index contributed by atoms with van der Waals surface area (Å²) in [7, 11) is 0. The van der Waals surface area contributed by atoms with Crippen LogP contribution in [0.5, 0.6) is 0 Å². The molecule has 3 aromatic rings. The maximum absolute atomic E-state index is 12.1. The third-order valence-electron chi connectivity index (χ3n) is 3.69. The Kier molecular flexibility index (Phi) is 5.00. The molecule has 0 saturated heterocycles. The summed E-state index contributed by atoms with van der Waals surface area (Å²) in [6.07, 6.45) is 0.690. The summed E-state index contributed by atoms with van der Waals surface area (Å²) in [5.41, 5.74) is 2.96. The fraction of sp³-hybridized carbons (Fsp3) is 0.167. The number of halogens is 1. The van der Waals surface area contributed by atoms with Crippen LogP contribution in [0.2, 0.25) is 5.02 Å². The van der Waals surface area contributed by atoms with E-state index in [1.165, 1.54) is 0 Å². The van der Waals surface area contributed by atoms with Gasteiger partial charge in [-0.3, -0.25) is 0 Å². The third-order valence-corrected chi connectivity index (χ3v) is 4.10. The van der Waals surface area contributed by atoms with E-state index >= 15 is 0 Å². The molecule has 2 amide bonds. The number of nitrogens with one attached hydrogen (secondary N) is 2. The van der Waals surface area contributed by atoms with Gasteiger partial charge in [-0.2, -0.15) is 4.98 Å². The van der Waals surface area contributed by atoms with Gasteiger partial charge in [-0.05, 0) is 48.9 Å². The zero-order valence-electron chi connectivity index (χ0n) is 13.8. The minimum atomic E-state index is -0.342. The highest BCUT2D eigenvalue weighted by Crippen LogP contribution is 2.23. The van der Waals surface area contributed by atoms with Crippen LogP contribution in [-0.2, 0) is 6.42 Å². The molecular formula is C18H17ClN4O2. The molecule has 6 nitrogen and oxygen atoms in total. The van der Waals surface area contributed by atoms with Crippen molar-refractivity contribution in [1.29, 1.82) is 0 Å². The largest absolute Gasteiger partial charge is 0.339 e. The Morgan fingerprint density at radius 1 is 1.16 bits per heavy atom. The number of carbonyl (C=O) groups excluding carboxylic acids is 1. The number of benzene rings is 2. The second-order valence-corrected chi connectivity index (χ2v) is 5.84. The van der Waals surface area contributed by atoms with Crippen LogP contribution in [0.1, 0.15) is 18.4 Å². The van der Waals surface area contributed by atoms with E-state index in [1.807, 2.05) is 26.0 Å². The minimum Gasteiger partial charge on any atom is -0.339 e. The number of rotatable bonds is 4. The Morgan fingerprint density at radius 3 is 2.60 bits per heavy atom. The van der Waals surface area contributed by atoms with E-state index < -0.39 is 0 Å². The van der Waals surface area contributed by atoms with E-state index in [4.69, 9.17) is 16.1 Å². The number of nitrogens with zero attached hydrogens (tertiary/aromatic N) is 2. The SMILES string of the molecule is CCc1nc(-c2ccc(NC(=O)Nc3cccc(Cl)c3C)cc2)no1. The lowest BCUT2D eigenvalue weighted by Crippen LogP contribution is -2.19. The van der Waals surface area contributed by atoms with Crippen LogP contribution in [0, 0.1) is 6.92 Å². The fourth-order valence-corrected chi connectivity index (χ4v) is 2.42. The maximum Gasteiger partial charge on any atom is 0.323 e. The highest BCUT2D eigenvalue weighted by Gasteiger charge is 2.09. The monoisotopic (exact) mass is 356 g/mol. The van der Waals surface area contributed by atoms with E-state index in [-0.39, 0.29) is 6.03 Å². The van der Waals surface area contributed by atoms with E-state index in [9.17, 15) is 4.79 Å². The van der Waals surface area contributed by atoms with Gasteiger partial charge in [0.05, 0.1) is 0 Å². The summed E-state index contributed by atoms with van der Waals surface area (Å²) in [5, 5.41) is 10.1. The summed E-state index contributed by atoms with van der Waals surface area (Å²) in [4.78, 5) is 16.4. The summed E-state index contributed by atoms with van der Waals surface area (Å²) in [6, 6.07) is 12.2. The van der Waals surface area contributed by atoms with E-state index in [0.29, 0.717) is 34.5 Å². The average molecular weight is 357 g/mol. The zero-order valence-corrected chi connectivity index (χ0v) is 14.6. The van der Waals surface area contributed by atoms with Crippen molar-refractivity contribution in [3.05, 3.63) is 58.9 Å². The predicted molar refractivity (Wildman–Crippen MR) is 97.9 cm³/mol. The molecular weight excluding hydrogens is 340 g/mol. The second kappa shape index (κ2) is 7.36. The minimum absolute atomic E-state index is 0.342. The molecule has 0 aliphatic heterocycles. The summed E-state index contributed by atoms with van der Waals surface area (Å²) >= 11 is 6.05. The average Bonchev–Trinajstić information content (AvgIpc) is 3.09. The molecule has 1 heterocycles. The normalized spacial score (nSPS) is 10.5. The molecule has 25 heavy (non-hydrogen) atoms. The fourth-order valence-electron chi connectivity index (χ4n) is 2.25. The Morgan fingerprint density at radius 2 is 1.92 bits per heavy atom. The van der Waals surface area contributed by atoms with Gasteiger partial charge in [0.1, 0.15) is 0 Å². The molecule has 2 aromatic carbocycles. The number of anilines is 2. The summed E-state index contributed by atoms with van der Waals surface area (Å²) in [5.74, 6) is 1.12. The van der Waals surface area contributed by atoms with Gasteiger partial charge in [0.2, 0.25) is 11.7 Å². The molecule has 0 atom stereocenters. The van der Waals surface area contributed by atoms with Gasteiger partial charge in [0.25, 0.3) is 0 Å². The van der Waals surface area contributed by atoms with Gasteiger partial charge < -0.3 is 15.2 Å². The predicted octanol–water partition coefficient (Wildman–Crippen LogP) is 4.90. The Bertz CT molecular complexity index is 890. The first-order chi connectivity index (χ1) is 12.1. The van der Waals surface area contributed by atoms with Crippen molar-refractivity contribution in [3.63, 3.8) is 0 Å². The van der Waals surface area contributed by atoms with Crippen LogP contribution in [0.3, 0.4) is 0 Å². The number of aromatic nitrogens is 2.